The third-order valence-electron chi connectivity index (χ3n) is 3.97. The van der Waals surface area contributed by atoms with Crippen LogP contribution in [0.5, 0.6) is 0 Å². The van der Waals surface area contributed by atoms with Crippen LogP contribution in [0.3, 0.4) is 0 Å². The molecule has 0 spiro atoms. The molecule has 0 atom stereocenters. The van der Waals surface area contributed by atoms with Crippen molar-refractivity contribution in [2.75, 3.05) is 13.1 Å². The summed E-state index contributed by atoms with van der Waals surface area (Å²) >= 11 is 0. The number of carbonyl (C=O) groups excluding carboxylic acids is 2. The topological polar surface area (TPSA) is 115 Å². The van der Waals surface area contributed by atoms with Gasteiger partial charge in [-0.2, -0.15) is 0 Å². The Morgan fingerprint density at radius 2 is 1.96 bits per heavy atom. The molecule has 0 aliphatic carbocycles. The maximum Gasteiger partial charge on any atom is 0.286 e. The Balaban J connectivity index is 1.47. The highest BCUT2D eigenvalue weighted by molar-refractivity contribution is 5.91. The van der Waals surface area contributed by atoms with Gasteiger partial charge < -0.3 is 23.5 Å². The van der Waals surface area contributed by atoms with Crippen molar-refractivity contribution in [1.82, 2.24) is 20.4 Å². The summed E-state index contributed by atoms with van der Waals surface area (Å²) in [4.78, 5) is 26.0. The third kappa shape index (κ3) is 5.09. The van der Waals surface area contributed by atoms with Crippen molar-refractivity contribution in [2.24, 2.45) is 0 Å². The van der Waals surface area contributed by atoms with E-state index in [1.54, 1.807) is 29.2 Å². The van der Waals surface area contributed by atoms with E-state index in [9.17, 15) is 9.59 Å². The van der Waals surface area contributed by atoms with Crippen LogP contribution in [0.15, 0.2) is 50.0 Å². The lowest BCUT2D eigenvalue weighted by Gasteiger charge is -2.20. The smallest absolute Gasteiger partial charge is 0.286 e. The Morgan fingerprint density at radius 3 is 2.68 bits per heavy atom. The molecule has 3 rings (SSSR count). The number of rotatable bonds is 10. The lowest BCUT2D eigenvalue weighted by Crippen LogP contribution is -2.32. The lowest BCUT2D eigenvalue weighted by molar-refractivity contribution is -0.132. The summed E-state index contributed by atoms with van der Waals surface area (Å²) in [5.74, 6) is 1.04. The van der Waals surface area contributed by atoms with Gasteiger partial charge in [0.25, 0.3) is 11.8 Å². The SMILES string of the molecule is CCCN(Cc1nnc(-c2ccco2)o1)C(=O)CCCNC(=O)c1ccco1. The number of aromatic nitrogens is 2. The predicted molar refractivity (Wildman–Crippen MR) is 98.0 cm³/mol. The number of hydrogen-bond acceptors (Lipinski definition) is 7. The van der Waals surface area contributed by atoms with Crippen LogP contribution in [0, 0.1) is 0 Å². The summed E-state index contributed by atoms with van der Waals surface area (Å²) in [6, 6.07) is 6.70. The number of hydrogen-bond donors (Lipinski definition) is 1. The average Bonchev–Trinajstić information content (AvgIpc) is 3.46. The molecule has 3 aromatic heterocycles. The van der Waals surface area contributed by atoms with E-state index in [0.29, 0.717) is 37.6 Å². The molecule has 3 aromatic rings. The molecule has 148 valence electrons. The molecule has 0 bridgehead atoms. The summed E-state index contributed by atoms with van der Waals surface area (Å²) in [6.45, 7) is 3.19. The molecular weight excluding hydrogens is 364 g/mol. The molecule has 3 heterocycles. The van der Waals surface area contributed by atoms with E-state index in [-0.39, 0.29) is 30.0 Å². The zero-order chi connectivity index (χ0) is 19.8. The quantitative estimate of drug-likeness (QED) is 0.533. The lowest BCUT2D eigenvalue weighted by atomic mass is 10.2. The third-order valence-corrected chi connectivity index (χ3v) is 3.97. The van der Waals surface area contributed by atoms with Gasteiger partial charge in [-0.1, -0.05) is 6.92 Å². The van der Waals surface area contributed by atoms with E-state index in [4.69, 9.17) is 13.3 Å². The van der Waals surface area contributed by atoms with Gasteiger partial charge in [-0.25, -0.2) is 0 Å². The summed E-state index contributed by atoms with van der Waals surface area (Å²) < 4.78 is 15.8. The second kappa shape index (κ2) is 9.54. The number of amides is 2. The predicted octanol–water partition coefficient (Wildman–Crippen LogP) is 2.87. The van der Waals surface area contributed by atoms with E-state index >= 15 is 0 Å². The van der Waals surface area contributed by atoms with Crippen molar-refractivity contribution < 1.29 is 22.8 Å². The van der Waals surface area contributed by atoms with Crippen molar-refractivity contribution >= 4 is 11.8 Å². The van der Waals surface area contributed by atoms with Gasteiger partial charge >= 0.3 is 0 Å². The van der Waals surface area contributed by atoms with Crippen LogP contribution in [-0.2, 0) is 11.3 Å². The van der Waals surface area contributed by atoms with Crippen LogP contribution in [0.25, 0.3) is 11.7 Å². The molecule has 1 N–H and O–H groups in total. The van der Waals surface area contributed by atoms with E-state index in [1.807, 2.05) is 6.92 Å². The monoisotopic (exact) mass is 386 g/mol. The second-order valence-corrected chi connectivity index (χ2v) is 6.13. The molecule has 0 aliphatic heterocycles. The average molecular weight is 386 g/mol. The standard InChI is InChI=1S/C19H22N4O5/c1-2-10-23(13-16-21-22-19(28-16)15-7-5-12-27-15)17(24)8-3-9-20-18(25)14-6-4-11-26-14/h4-7,11-12H,2-3,8-10,13H2,1H3,(H,20,25). The van der Waals surface area contributed by atoms with Gasteiger partial charge in [0.15, 0.2) is 11.5 Å². The van der Waals surface area contributed by atoms with Gasteiger partial charge in [0.1, 0.15) is 0 Å². The molecule has 0 aromatic carbocycles. The van der Waals surface area contributed by atoms with Crippen molar-refractivity contribution in [3.63, 3.8) is 0 Å². The molecular formula is C19H22N4O5. The van der Waals surface area contributed by atoms with E-state index in [1.165, 1.54) is 12.5 Å². The fourth-order valence-electron chi connectivity index (χ4n) is 2.64. The van der Waals surface area contributed by atoms with Gasteiger partial charge in [0.05, 0.1) is 19.1 Å². The summed E-state index contributed by atoms with van der Waals surface area (Å²) in [5.41, 5.74) is 0. The molecule has 28 heavy (non-hydrogen) atoms. The van der Waals surface area contributed by atoms with Crippen molar-refractivity contribution in [3.8, 4) is 11.7 Å². The van der Waals surface area contributed by atoms with Gasteiger partial charge in [-0.15, -0.1) is 10.2 Å². The van der Waals surface area contributed by atoms with E-state index in [0.717, 1.165) is 6.42 Å². The van der Waals surface area contributed by atoms with Crippen LogP contribution in [0.4, 0.5) is 0 Å². The number of carbonyl (C=O) groups is 2. The first-order valence-corrected chi connectivity index (χ1v) is 9.13. The Bertz CT molecular complexity index is 870. The molecule has 9 nitrogen and oxygen atoms in total. The van der Waals surface area contributed by atoms with E-state index in [2.05, 4.69) is 15.5 Å². The molecule has 0 radical (unpaired) electrons. The normalized spacial score (nSPS) is 10.8. The van der Waals surface area contributed by atoms with Gasteiger partial charge in [0.2, 0.25) is 11.8 Å². The van der Waals surface area contributed by atoms with Gasteiger partial charge in [0, 0.05) is 19.5 Å². The van der Waals surface area contributed by atoms with E-state index < -0.39 is 0 Å². The highest BCUT2D eigenvalue weighted by atomic mass is 16.4. The fraction of sp³-hybridized carbons (Fsp3) is 0.368. The minimum absolute atomic E-state index is 0.0353. The fourth-order valence-corrected chi connectivity index (χ4v) is 2.64. The molecule has 0 unspecified atom stereocenters. The minimum atomic E-state index is -0.292. The molecule has 0 saturated carbocycles. The largest absolute Gasteiger partial charge is 0.459 e. The van der Waals surface area contributed by atoms with Gasteiger partial charge in [-0.05, 0) is 37.1 Å². The highest BCUT2D eigenvalue weighted by Crippen LogP contribution is 2.18. The molecule has 9 heteroatoms. The summed E-state index contributed by atoms with van der Waals surface area (Å²) in [7, 11) is 0. The molecule has 0 fully saturated rings. The summed E-state index contributed by atoms with van der Waals surface area (Å²) in [5, 5.41) is 10.7. The molecule has 0 saturated heterocycles. The van der Waals surface area contributed by atoms with Crippen LogP contribution in [0.2, 0.25) is 0 Å². The first-order valence-electron chi connectivity index (χ1n) is 9.13. The second-order valence-electron chi connectivity index (χ2n) is 6.13. The molecule has 2 amide bonds. The van der Waals surface area contributed by atoms with Crippen LogP contribution >= 0.6 is 0 Å². The zero-order valence-electron chi connectivity index (χ0n) is 15.6. The number of nitrogens with one attached hydrogen (secondary N) is 1. The minimum Gasteiger partial charge on any atom is -0.459 e. The Labute approximate surface area is 161 Å². The van der Waals surface area contributed by atoms with Crippen LogP contribution in [-0.4, -0.2) is 40.0 Å². The van der Waals surface area contributed by atoms with Crippen molar-refractivity contribution in [1.29, 1.82) is 0 Å². The zero-order valence-corrected chi connectivity index (χ0v) is 15.6. The van der Waals surface area contributed by atoms with Crippen LogP contribution in [0.1, 0.15) is 42.6 Å². The number of furan rings is 2. The first-order chi connectivity index (χ1) is 13.7. The van der Waals surface area contributed by atoms with Crippen molar-refractivity contribution in [3.05, 3.63) is 48.4 Å². The number of nitrogens with zero attached hydrogens (tertiary/aromatic N) is 3. The van der Waals surface area contributed by atoms with Gasteiger partial charge in [-0.3, -0.25) is 9.59 Å². The first kappa shape index (κ1) is 19.4. The summed E-state index contributed by atoms with van der Waals surface area (Å²) in [6.07, 6.45) is 4.59. The maximum atomic E-state index is 12.5. The Hall–Kier alpha value is -3.36. The highest BCUT2D eigenvalue weighted by Gasteiger charge is 2.18. The maximum absolute atomic E-state index is 12.5. The Morgan fingerprint density at radius 1 is 1.14 bits per heavy atom. The van der Waals surface area contributed by atoms with Crippen molar-refractivity contribution in [2.45, 2.75) is 32.7 Å². The molecule has 0 aliphatic rings. The van der Waals surface area contributed by atoms with Crippen LogP contribution < -0.4 is 5.32 Å². The Kier molecular flexibility index (Phi) is 6.61.